The fourth-order valence-corrected chi connectivity index (χ4v) is 6.18. The number of hydrogen-bond acceptors (Lipinski definition) is 5. The Balaban J connectivity index is 2.11. The molecule has 0 saturated carbocycles. The molecule has 0 unspecified atom stereocenters. The van der Waals surface area contributed by atoms with E-state index in [0.717, 1.165) is 9.87 Å². The van der Waals surface area contributed by atoms with Crippen LogP contribution in [-0.2, 0) is 26.2 Å². The number of amides is 2. The predicted molar refractivity (Wildman–Crippen MR) is 163 cm³/mol. The number of nitrogens with zero attached hydrogens (tertiary/aromatic N) is 2. The molecule has 0 fully saturated rings. The van der Waals surface area contributed by atoms with Crippen molar-refractivity contribution < 1.29 is 22.7 Å². The highest BCUT2D eigenvalue weighted by atomic mass is 35.5. The van der Waals surface area contributed by atoms with Crippen LogP contribution in [0.5, 0.6) is 5.75 Å². The van der Waals surface area contributed by atoms with Gasteiger partial charge in [-0.05, 0) is 69.2 Å². The third kappa shape index (κ3) is 7.93. The number of methoxy groups -OCH3 is 1. The lowest BCUT2D eigenvalue weighted by Crippen LogP contribution is -2.53. The summed E-state index contributed by atoms with van der Waals surface area (Å²) in [5.41, 5.74) is 1.63. The van der Waals surface area contributed by atoms with Gasteiger partial charge in [0.2, 0.25) is 11.8 Å². The number of halogens is 2. The van der Waals surface area contributed by atoms with Crippen molar-refractivity contribution in [2.45, 2.75) is 57.6 Å². The lowest BCUT2D eigenvalue weighted by atomic mass is 10.1. The number of anilines is 1. The summed E-state index contributed by atoms with van der Waals surface area (Å²) >= 11 is 12.7. The van der Waals surface area contributed by atoms with Gasteiger partial charge >= 0.3 is 0 Å². The molecule has 8 nitrogen and oxygen atoms in total. The van der Waals surface area contributed by atoms with Gasteiger partial charge in [-0.2, -0.15) is 0 Å². The molecule has 11 heteroatoms. The summed E-state index contributed by atoms with van der Waals surface area (Å²) in [5, 5.41) is 3.00. The zero-order valence-electron chi connectivity index (χ0n) is 23.7. The van der Waals surface area contributed by atoms with E-state index in [4.69, 9.17) is 27.9 Å². The van der Waals surface area contributed by atoms with Gasteiger partial charge in [0.15, 0.2) is 0 Å². The van der Waals surface area contributed by atoms with Crippen molar-refractivity contribution in [3.05, 3.63) is 87.9 Å². The number of nitrogens with one attached hydrogen (secondary N) is 1. The van der Waals surface area contributed by atoms with Gasteiger partial charge in [-0.15, -0.1) is 0 Å². The maximum absolute atomic E-state index is 14.1. The molecule has 0 heterocycles. The number of rotatable bonds is 12. The first-order valence-corrected chi connectivity index (χ1v) is 15.3. The minimum Gasteiger partial charge on any atom is -0.497 e. The second-order valence-corrected chi connectivity index (χ2v) is 12.5. The number of benzene rings is 3. The van der Waals surface area contributed by atoms with Gasteiger partial charge in [0.25, 0.3) is 10.0 Å². The number of ether oxygens (including phenoxy) is 1. The molecule has 2 amide bonds. The average molecular weight is 621 g/mol. The Hall–Kier alpha value is -3.27. The van der Waals surface area contributed by atoms with Gasteiger partial charge < -0.3 is 15.0 Å². The van der Waals surface area contributed by atoms with E-state index in [1.807, 2.05) is 26.8 Å². The molecule has 220 valence electrons. The summed E-state index contributed by atoms with van der Waals surface area (Å²) in [6.07, 6.45) is 0.302. The normalized spacial score (nSPS) is 12.1. The first-order chi connectivity index (χ1) is 19.4. The molecule has 0 radical (unpaired) electrons. The summed E-state index contributed by atoms with van der Waals surface area (Å²) in [7, 11) is -2.73. The van der Waals surface area contributed by atoms with E-state index in [0.29, 0.717) is 17.7 Å². The molecule has 0 aromatic heterocycles. The number of hydrogen-bond donors (Lipinski definition) is 1. The van der Waals surface area contributed by atoms with E-state index < -0.39 is 28.5 Å². The van der Waals surface area contributed by atoms with Crippen molar-refractivity contribution in [3.63, 3.8) is 0 Å². The number of carbonyl (C=O) groups is 2. The van der Waals surface area contributed by atoms with Gasteiger partial charge in [0.1, 0.15) is 18.3 Å². The molecule has 1 N–H and O–H groups in total. The fourth-order valence-electron chi connectivity index (χ4n) is 4.30. The van der Waals surface area contributed by atoms with Gasteiger partial charge in [-0.3, -0.25) is 13.9 Å². The summed E-state index contributed by atoms with van der Waals surface area (Å²) in [6, 6.07) is 17.0. The quantitative estimate of drug-likeness (QED) is 0.275. The van der Waals surface area contributed by atoms with Gasteiger partial charge in [0, 0.05) is 12.6 Å². The van der Waals surface area contributed by atoms with Crippen molar-refractivity contribution >= 4 is 50.7 Å². The van der Waals surface area contributed by atoms with Crippen molar-refractivity contribution in [3.8, 4) is 5.75 Å². The van der Waals surface area contributed by atoms with Crippen LogP contribution in [0, 0.1) is 6.92 Å². The van der Waals surface area contributed by atoms with Crippen LogP contribution in [0.15, 0.2) is 71.6 Å². The lowest BCUT2D eigenvalue weighted by Gasteiger charge is -2.34. The van der Waals surface area contributed by atoms with E-state index in [9.17, 15) is 18.0 Å². The summed E-state index contributed by atoms with van der Waals surface area (Å²) in [4.78, 5) is 28.8. The van der Waals surface area contributed by atoms with Crippen molar-refractivity contribution in [1.82, 2.24) is 10.2 Å². The van der Waals surface area contributed by atoms with E-state index in [-0.39, 0.29) is 39.1 Å². The lowest BCUT2D eigenvalue weighted by molar-refractivity contribution is -0.140. The Morgan fingerprint density at radius 2 is 1.66 bits per heavy atom. The van der Waals surface area contributed by atoms with Gasteiger partial charge in [-0.25, -0.2) is 8.42 Å². The number of aryl methyl sites for hydroxylation is 1. The predicted octanol–water partition coefficient (Wildman–Crippen LogP) is 5.84. The highest BCUT2D eigenvalue weighted by Gasteiger charge is 2.34. The van der Waals surface area contributed by atoms with Crippen LogP contribution in [0.1, 0.15) is 38.3 Å². The van der Waals surface area contributed by atoms with Crippen molar-refractivity contribution in [1.29, 1.82) is 0 Å². The maximum Gasteiger partial charge on any atom is 0.264 e. The Labute approximate surface area is 252 Å². The smallest absolute Gasteiger partial charge is 0.264 e. The van der Waals surface area contributed by atoms with Crippen molar-refractivity contribution in [2.75, 3.05) is 18.0 Å². The second kappa shape index (κ2) is 14.1. The van der Waals surface area contributed by atoms with Crippen molar-refractivity contribution in [2.24, 2.45) is 0 Å². The fraction of sp³-hybridized carbons (Fsp3) is 0.333. The van der Waals surface area contributed by atoms with E-state index >= 15 is 0 Å². The standard InChI is InChI=1S/C30H35Cl2N3O5S/c1-6-26(30(37)33-20(2)3)34(18-22-9-7-10-23(17-22)40-5)28(36)19-35(27-12-8-11-25(31)29(27)32)41(38,39)24-15-13-21(4)14-16-24/h7-17,20,26H,6,18-19H2,1-5H3,(H,33,37)/t26-/m0/s1. The molecular formula is C30H35Cl2N3O5S. The highest BCUT2D eigenvalue weighted by molar-refractivity contribution is 7.92. The summed E-state index contributed by atoms with van der Waals surface area (Å²) in [6.45, 7) is 6.72. The van der Waals surface area contributed by atoms with Crippen LogP contribution in [0.3, 0.4) is 0 Å². The molecule has 0 spiro atoms. The third-order valence-electron chi connectivity index (χ3n) is 6.39. The van der Waals surface area contributed by atoms with Crippen LogP contribution in [0.2, 0.25) is 10.0 Å². The van der Waals surface area contributed by atoms with Crippen LogP contribution in [0.4, 0.5) is 5.69 Å². The second-order valence-electron chi connectivity index (χ2n) is 9.86. The number of carbonyl (C=O) groups excluding carboxylic acids is 2. The van der Waals surface area contributed by atoms with Crippen LogP contribution < -0.4 is 14.4 Å². The zero-order chi connectivity index (χ0) is 30.3. The minimum atomic E-state index is -4.27. The minimum absolute atomic E-state index is 0.0124. The van der Waals surface area contributed by atoms with E-state index in [2.05, 4.69) is 5.32 Å². The number of sulfonamides is 1. The van der Waals surface area contributed by atoms with Gasteiger partial charge in [0.05, 0.1) is 27.7 Å². The monoisotopic (exact) mass is 619 g/mol. The summed E-state index contributed by atoms with van der Waals surface area (Å²) in [5.74, 6) is -0.346. The first-order valence-electron chi connectivity index (χ1n) is 13.1. The molecule has 0 aliphatic heterocycles. The van der Waals surface area contributed by atoms with E-state index in [1.165, 1.54) is 36.3 Å². The molecule has 41 heavy (non-hydrogen) atoms. The Kier molecular flexibility index (Phi) is 11.1. The Morgan fingerprint density at radius 1 is 1.00 bits per heavy atom. The zero-order valence-corrected chi connectivity index (χ0v) is 26.1. The molecule has 0 saturated heterocycles. The average Bonchev–Trinajstić information content (AvgIpc) is 2.93. The molecule has 3 aromatic rings. The Morgan fingerprint density at radius 3 is 2.27 bits per heavy atom. The molecule has 3 aromatic carbocycles. The molecule has 0 aliphatic rings. The largest absolute Gasteiger partial charge is 0.497 e. The molecule has 3 rings (SSSR count). The van der Waals surface area contributed by atoms with E-state index in [1.54, 1.807) is 43.3 Å². The topological polar surface area (TPSA) is 96.0 Å². The SMILES string of the molecule is CC[C@@H](C(=O)NC(C)C)N(Cc1cccc(OC)c1)C(=O)CN(c1cccc(Cl)c1Cl)S(=O)(=O)c1ccc(C)cc1. The molecule has 0 aliphatic carbocycles. The van der Waals surface area contributed by atoms with Crippen LogP contribution >= 0.6 is 23.2 Å². The van der Waals surface area contributed by atoms with Crippen LogP contribution in [0.25, 0.3) is 0 Å². The first kappa shape index (κ1) is 32.2. The van der Waals surface area contributed by atoms with Crippen LogP contribution in [-0.4, -0.2) is 50.9 Å². The highest BCUT2D eigenvalue weighted by Crippen LogP contribution is 2.35. The Bertz CT molecular complexity index is 1480. The molecule has 0 bridgehead atoms. The molecule has 1 atom stereocenters. The maximum atomic E-state index is 14.1. The summed E-state index contributed by atoms with van der Waals surface area (Å²) < 4.78 is 34.2. The van der Waals surface area contributed by atoms with Gasteiger partial charge in [-0.1, -0.05) is 66.0 Å². The molecular weight excluding hydrogens is 585 g/mol. The third-order valence-corrected chi connectivity index (χ3v) is 8.97.